The Morgan fingerprint density at radius 3 is 2.10 bits per heavy atom. The maximum Gasteiger partial charge on any atom is 0.0367 e. The van der Waals surface area contributed by atoms with Gasteiger partial charge in [-0.3, -0.25) is 4.90 Å². The van der Waals surface area contributed by atoms with E-state index in [-0.39, 0.29) is 0 Å². The molecule has 0 amide bonds. The van der Waals surface area contributed by atoms with Crippen molar-refractivity contribution in [3.63, 3.8) is 0 Å². The third-order valence-corrected chi connectivity index (χ3v) is 4.58. The summed E-state index contributed by atoms with van der Waals surface area (Å²) < 4.78 is 0. The standard InChI is InChI=1S/C19H32N2/c1-16(2)5-6-18(4)15-20-11-13-21(14-12-20)19-9-7-17(3)8-10-19/h7-10,16,18H,5-6,11-15H2,1-4H3. The van der Waals surface area contributed by atoms with Crippen LogP contribution in [-0.4, -0.2) is 37.6 Å². The van der Waals surface area contributed by atoms with Crippen molar-refractivity contribution in [2.24, 2.45) is 11.8 Å². The average molecular weight is 288 g/mol. The van der Waals surface area contributed by atoms with Crippen LogP contribution in [0.2, 0.25) is 0 Å². The fourth-order valence-electron chi connectivity index (χ4n) is 3.09. The van der Waals surface area contributed by atoms with E-state index in [1.54, 1.807) is 0 Å². The molecule has 1 heterocycles. The van der Waals surface area contributed by atoms with E-state index < -0.39 is 0 Å². The Bertz CT molecular complexity index is 402. The van der Waals surface area contributed by atoms with Crippen LogP contribution in [0, 0.1) is 18.8 Å². The van der Waals surface area contributed by atoms with Crippen LogP contribution in [-0.2, 0) is 0 Å². The maximum absolute atomic E-state index is 2.65. The molecule has 0 radical (unpaired) electrons. The van der Waals surface area contributed by atoms with E-state index in [9.17, 15) is 0 Å². The Morgan fingerprint density at radius 2 is 1.52 bits per heavy atom. The smallest absolute Gasteiger partial charge is 0.0367 e. The van der Waals surface area contributed by atoms with Gasteiger partial charge in [-0.1, -0.05) is 44.9 Å². The van der Waals surface area contributed by atoms with Gasteiger partial charge in [-0.05, 0) is 37.3 Å². The van der Waals surface area contributed by atoms with Gasteiger partial charge in [0.25, 0.3) is 0 Å². The number of aryl methyl sites for hydroxylation is 1. The Kier molecular flexibility index (Phi) is 6.10. The van der Waals surface area contributed by atoms with Crippen LogP contribution in [0.3, 0.4) is 0 Å². The molecule has 118 valence electrons. The number of rotatable bonds is 6. The molecule has 1 aromatic rings. The van der Waals surface area contributed by atoms with Crippen molar-refractivity contribution in [1.29, 1.82) is 0 Å². The molecular formula is C19H32N2. The first kappa shape index (κ1) is 16.4. The van der Waals surface area contributed by atoms with Crippen molar-refractivity contribution in [2.75, 3.05) is 37.6 Å². The van der Waals surface area contributed by atoms with Crippen LogP contribution in [0.4, 0.5) is 5.69 Å². The normalized spacial score (nSPS) is 18.2. The average Bonchev–Trinajstić information content (AvgIpc) is 2.47. The lowest BCUT2D eigenvalue weighted by Gasteiger charge is -2.37. The SMILES string of the molecule is Cc1ccc(N2CCN(CC(C)CCC(C)C)CC2)cc1. The second-order valence-corrected chi connectivity index (χ2v) is 7.20. The first-order valence-corrected chi connectivity index (χ1v) is 8.58. The molecule has 1 saturated heterocycles. The van der Waals surface area contributed by atoms with E-state index >= 15 is 0 Å². The fraction of sp³-hybridized carbons (Fsp3) is 0.684. The Balaban J connectivity index is 1.74. The van der Waals surface area contributed by atoms with Crippen molar-refractivity contribution >= 4 is 5.69 Å². The molecule has 1 unspecified atom stereocenters. The minimum atomic E-state index is 0.832. The first-order valence-electron chi connectivity index (χ1n) is 8.58. The summed E-state index contributed by atoms with van der Waals surface area (Å²) >= 11 is 0. The van der Waals surface area contributed by atoms with E-state index in [0.29, 0.717) is 0 Å². The molecule has 2 rings (SSSR count). The molecule has 1 aliphatic rings. The van der Waals surface area contributed by atoms with Gasteiger partial charge in [-0.2, -0.15) is 0 Å². The van der Waals surface area contributed by atoms with Crippen LogP contribution in [0.25, 0.3) is 0 Å². The van der Waals surface area contributed by atoms with Gasteiger partial charge in [0.15, 0.2) is 0 Å². The number of anilines is 1. The van der Waals surface area contributed by atoms with Crippen molar-refractivity contribution < 1.29 is 0 Å². The second-order valence-electron chi connectivity index (χ2n) is 7.20. The summed E-state index contributed by atoms with van der Waals surface area (Å²) in [6.07, 6.45) is 2.74. The van der Waals surface area contributed by atoms with E-state index in [2.05, 4.69) is 61.8 Å². The van der Waals surface area contributed by atoms with Crippen molar-refractivity contribution in [1.82, 2.24) is 4.90 Å². The summed E-state index contributed by atoms with van der Waals surface area (Å²) in [5.41, 5.74) is 2.73. The Morgan fingerprint density at radius 1 is 0.905 bits per heavy atom. The monoisotopic (exact) mass is 288 g/mol. The van der Waals surface area contributed by atoms with Crippen LogP contribution in [0.1, 0.15) is 39.2 Å². The molecule has 0 N–H and O–H groups in total. The zero-order valence-corrected chi connectivity index (χ0v) is 14.3. The number of hydrogen-bond donors (Lipinski definition) is 0. The van der Waals surface area contributed by atoms with E-state index in [1.165, 1.54) is 56.8 Å². The summed E-state index contributed by atoms with van der Waals surface area (Å²) in [6, 6.07) is 8.96. The zero-order valence-electron chi connectivity index (χ0n) is 14.3. The van der Waals surface area contributed by atoms with Gasteiger partial charge in [0, 0.05) is 38.4 Å². The summed E-state index contributed by atoms with van der Waals surface area (Å²) in [6.45, 7) is 15.2. The highest BCUT2D eigenvalue weighted by Gasteiger charge is 2.18. The predicted octanol–water partition coefficient (Wildman–Crippen LogP) is 4.19. The molecule has 21 heavy (non-hydrogen) atoms. The Labute approximate surface area is 131 Å². The molecule has 0 aliphatic carbocycles. The molecule has 0 spiro atoms. The largest absolute Gasteiger partial charge is 0.369 e. The van der Waals surface area contributed by atoms with Crippen molar-refractivity contribution in [2.45, 2.75) is 40.5 Å². The lowest BCUT2D eigenvalue weighted by atomic mass is 9.99. The number of benzene rings is 1. The Hall–Kier alpha value is -1.02. The highest BCUT2D eigenvalue weighted by Crippen LogP contribution is 2.19. The predicted molar refractivity (Wildman–Crippen MR) is 93.1 cm³/mol. The van der Waals surface area contributed by atoms with E-state index in [4.69, 9.17) is 0 Å². The molecule has 0 saturated carbocycles. The van der Waals surface area contributed by atoms with Gasteiger partial charge in [0.1, 0.15) is 0 Å². The number of nitrogens with zero attached hydrogens (tertiary/aromatic N) is 2. The number of hydrogen-bond acceptors (Lipinski definition) is 2. The first-order chi connectivity index (χ1) is 10.0. The van der Waals surface area contributed by atoms with E-state index in [0.717, 1.165) is 11.8 Å². The van der Waals surface area contributed by atoms with Gasteiger partial charge in [0.2, 0.25) is 0 Å². The minimum Gasteiger partial charge on any atom is -0.369 e. The highest BCUT2D eigenvalue weighted by molar-refractivity contribution is 5.47. The lowest BCUT2D eigenvalue weighted by molar-refractivity contribution is 0.216. The van der Waals surface area contributed by atoms with Crippen LogP contribution < -0.4 is 4.90 Å². The maximum atomic E-state index is 2.65. The molecule has 0 bridgehead atoms. The highest BCUT2D eigenvalue weighted by atomic mass is 15.3. The molecule has 2 heteroatoms. The summed E-state index contributed by atoms with van der Waals surface area (Å²) in [7, 11) is 0. The van der Waals surface area contributed by atoms with Gasteiger partial charge >= 0.3 is 0 Å². The molecule has 1 fully saturated rings. The zero-order chi connectivity index (χ0) is 15.2. The van der Waals surface area contributed by atoms with Gasteiger partial charge in [-0.25, -0.2) is 0 Å². The van der Waals surface area contributed by atoms with Crippen molar-refractivity contribution in [3.8, 4) is 0 Å². The van der Waals surface area contributed by atoms with Gasteiger partial charge in [-0.15, -0.1) is 0 Å². The lowest BCUT2D eigenvalue weighted by Crippen LogP contribution is -2.47. The third kappa shape index (κ3) is 5.35. The quantitative estimate of drug-likeness (QED) is 0.774. The molecule has 1 aromatic carbocycles. The van der Waals surface area contributed by atoms with Crippen LogP contribution in [0.15, 0.2) is 24.3 Å². The summed E-state index contributed by atoms with van der Waals surface area (Å²) in [4.78, 5) is 5.17. The van der Waals surface area contributed by atoms with E-state index in [1.807, 2.05) is 0 Å². The van der Waals surface area contributed by atoms with Crippen molar-refractivity contribution in [3.05, 3.63) is 29.8 Å². The fourth-order valence-corrected chi connectivity index (χ4v) is 3.09. The van der Waals surface area contributed by atoms with Crippen LogP contribution in [0.5, 0.6) is 0 Å². The third-order valence-electron chi connectivity index (χ3n) is 4.58. The molecule has 0 aromatic heterocycles. The number of piperazine rings is 1. The molecule has 1 aliphatic heterocycles. The second kappa shape index (κ2) is 7.84. The molecular weight excluding hydrogens is 256 g/mol. The van der Waals surface area contributed by atoms with Crippen LogP contribution >= 0.6 is 0 Å². The molecule has 1 atom stereocenters. The summed E-state index contributed by atoms with van der Waals surface area (Å²) in [5.74, 6) is 1.67. The van der Waals surface area contributed by atoms with Gasteiger partial charge < -0.3 is 4.90 Å². The minimum absolute atomic E-state index is 0.832. The van der Waals surface area contributed by atoms with Gasteiger partial charge in [0.05, 0.1) is 0 Å². The topological polar surface area (TPSA) is 6.48 Å². The molecule has 2 nitrogen and oxygen atoms in total. The summed E-state index contributed by atoms with van der Waals surface area (Å²) in [5, 5.41) is 0.